The van der Waals surface area contributed by atoms with Crippen molar-refractivity contribution in [1.82, 2.24) is 0 Å². The van der Waals surface area contributed by atoms with Crippen LogP contribution in [0.2, 0.25) is 0 Å². The molecule has 0 aliphatic heterocycles. The summed E-state index contributed by atoms with van der Waals surface area (Å²) in [5.74, 6) is 0. The van der Waals surface area contributed by atoms with Crippen LogP contribution in [0.1, 0.15) is 18.9 Å². The molecule has 0 fully saturated rings. The molecule has 0 aromatic heterocycles. The van der Waals surface area contributed by atoms with Crippen molar-refractivity contribution in [2.24, 2.45) is 0 Å². The molecule has 0 heterocycles. The van der Waals surface area contributed by atoms with Crippen LogP contribution in [0.5, 0.6) is 0 Å². The quantitative estimate of drug-likeness (QED) is 0.635. The Hall–Kier alpha value is -1.94. The predicted octanol–water partition coefficient (Wildman–Crippen LogP) is 4.05. The normalized spacial score (nSPS) is 9.87. The van der Waals surface area contributed by atoms with Crippen LogP contribution in [0.15, 0.2) is 42.5 Å². The van der Waals surface area contributed by atoms with Crippen molar-refractivity contribution in [3.63, 3.8) is 0 Å². The van der Waals surface area contributed by atoms with E-state index in [1.54, 1.807) is 0 Å². The van der Waals surface area contributed by atoms with Crippen LogP contribution in [0, 0.1) is 12.6 Å². The Balaban J connectivity index is 2.66. The lowest BCUT2D eigenvalue weighted by Crippen LogP contribution is -1.93. The molecule has 2 aromatic rings. The summed E-state index contributed by atoms with van der Waals surface area (Å²) in [5, 5.41) is 2.37. The first-order chi connectivity index (χ1) is 7.36. The fraction of sp³-hybridized carbons (Fsp3) is 0.143. The van der Waals surface area contributed by atoms with Crippen molar-refractivity contribution in [2.75, 3.05) is 0 Å². The van der Waals surface area contributed by atoms with Gasteiger partial charge in [0.1, 0.15) is 0 Å². The van der Waals surface area contributed by atoms with Gasteiger partial charge in [-0.2, -0.15) is 0 Å². The number of hydrogen-bond acceptors (Lipinski definition) is 0. The molecule has 0 amide bonds. The Labute approximate surface area is 90.2 Å². The lowest BCUT2D eigenvalue weighted by molar-refractivity contribution is 1.02. The molecule has 2 rings (SSSR count). The molecule has 0 N–H and O–H groups in total. The van der Waals surface area contributed by atoms with Crippen LogP contribution in [-0.4, -0.2) is 0 Å². The Kier molecular flexibility index (Phi) is 2.60. The van der Waals surface area contributed by atoms with E-state index in [-0.39, 0.29) is 0 Å². The standard InChI is InChI=1S/C14H12N/c1-3-14(15-2)13-10-6-8-11-7-4-5-9-12(11)13/h4-10H,3H2,1H3/q-1. The van der Waals surface area contributed by atoms with Crippen molar-refractivity contribution < 1.29 is 0 Å². The zero-order valence-corrected chi connectivity index (χ0v) is 8.70. The van der Waals surface area contributed by atoms with E-state index in [2.05, 4.69) is 23.0 Å². The molecule has 1 nitrogen and oxygen atoms in total. The zero-order chi connectivity index (χ0) is 10.7. The minimum Gasteiger partial charge on any atom is -0.454 e. The average Bonchev–Trinajstić information content (AvgIpc) is 2.31. The van der Waals surface area contributed by atoms with Crippen molar-refractivity contribution in [2.45, 2.75) is 13.3 Å². The molecule has 0 saturated carbocycles. The summed E-state index contributed by atoms with van der Waals surface area (Å²) in [6.07, 6.45) is 0.789. The third kappa shape index (κ3) is 1.67. The summed E-state index contributed by atoms with van der Waals surface area (Å²) in [5.41, 5.74) is 1.07. The molecule has 0 saturated heterocycles. The minimum atomic E-state index is 0.789. The van der Waals surface area contributed by atoms with Gasteiger partial charge in [-0.15, -0.1) is 0 Å². The number of hydrogen-bond donors (Lipinski definition) is 0. The van der Waals surface area contributed by atoms with Gasteiger partial charge in [-0.25, -0.2) is 0 Å². The minimum absolute atomic E-state index is 0.789. The predicted molar refractivity (Wildman–Crippen MR) is 63.2 cm³/mol. The Bertz CT molecular complexity index is 503. The molecule has 74 valence electrons. The molecule has 0 aliphatic rings. The second-order valence-electron chi connectivity index (χ2n) is 3.44. The summed E-state index contributed by atoms with van der Waals surface area (Å²) in [6, 6.07) is 15.2. The van der Waals surface area contributed by atoms with E-state index < -0.39 is 0 Å². The van der Waals surface area contributed by atoms with Crippen molar-refractivity contribution in [3.05, 3.63) is 65.5 Å². The SMILES string of the molecule is [C-]#[N+][C-](CC)c1cccc2ccccc12. The van der Waals surface area contributed by atoms with Crippen molar-refractivity contribution >= 4 is 10.8 Å². The van der Waals surface area contributed by atoms with E-state index >= 15 is 0 Å². The Morgan fingerprint density at radius 2 is 1.87 bits per heavy atom. The van der Waals surface area contributed by atoms with E-state index in [9.17, 15) is 0 Å². The lowest BCUT2D eigenvalue weighted by atomic mass is 9.98. The lowest BCUT2D eigenvalue weighted by Gasteiger charge is -2.18. The molecule has 1 heteroatoms. The number of benzene rings is 2. The van der Waals surface area contributed by atoms with Gasteiger partial charge in [0.05, 0.1) is 0 Å². The first-order valence-corrected chi connectivity index (χ1v) is 5.08. The van der Waals surface area contributed by atoms with Crippen LogP contribution in [-0.2, 0) is 0 Å². The number of fused-ring (bicyclic) bond motifs is 1. The van der Waals surface area contributed by atoms with Crippen molar-refractivity contribution in [3.8, 4) is 0 Å². The van der Waals surface area contributed by atoms with Gasteiger partial charge in [-0.3, -0.25) is 6.57 Å². The first kappa shape index (κ1) is 9.61. The topological polar surface area (TPSA) is 4.36 Å². The van der Waals surface area contributed by atoms with E-state index in [0.29, 0.717) is 0 Å². The van der Waals surface area contributed by atoms with Crippen LogP contribution in [0.3, 0.4) is 0 Å². The molecule has 0 radical (unpaired) electrons. The van der Waals surface area contributed by atoms with E-state index in [1.807, 2.05) is 31.2 Å². The maximum Gasteiger partial charge on any atom is -0.00138 e. The summed E-state index contributed by atoms with van der Waals surface area (Å²) in [4.78, 5) is 3.59. The van der Waals surface area contributed by atoms with Crippen LogP contribution in [0.4, 0.5) is 0 Å². The van der Waals surface area contributed by atoms with Crippen LogP contribution in [0.25, 0.3) is 15.6 Å². The fourth-order valence-corrected chi connectivity index (χ4v) is 1.81. The van der Waals surface area contributed by atoms with Gasteiger partial charge in [0.15, 0.2) is 0 Å². The molecule has 15 heavy (non-hydrogen) atoms. The molecule has 0 unspecified atom stereocenters. The average molecular weight is 194 g/mol. The molecule has 0 atom stereocenters. The van der Waals surface area contributed by atoms with E-state index in [1.165, 1.54) is 10.8 Å². The van der Waals surface area contributed by atoms with Crippen molar-refractivity contribution in [1.29, 1.82) is 0 Å². The molecular weight excluding hydrogens is 182 g/mol. The summed E-state index contributed by atoms with van der Waals surface area (Å²) < 4.78 is 0. The largest absolute Gasteiger partial charge is 0.454 e. The Morgan fingerprint density at radius 3 is 2.60 bits per heavy atom. The summed E-state index contributed by atoms with van der Waals surface area (Å²) in [6.45, 7) is 9.18. The molecule has 2 aromatic carbocycles. The highest BCUT2D eigenvalue weighted by Gasteiger charge is 2.02. The van der Waals surface area contributed by atoms with E-state index in [4.69, 9.17) is 6.57 Å². The maximum absolute atomic E-state index is 7.16. The van der Waals surface area contributed by atoms with Gasteiger partial charge in [-0.1, -0.05) is 61.4 Å². The van der Waals surface area contributed by atoms with Gasteiger partial charge >= 0.3 is 0 Å². The number of nitrogens with zero attached hydrogens (tertiary/aromatic N) is 1. The highest BCUT2D eigenvalue weighted by atomic mass is 14.7. The number of rotatable bonds is 2. The summed E-state index contributed by atoms with van der Waals surface area (Å²) >= 11 is 0. The van der Waals surface area contributed by atoms with Gasteiger partial charge in [-0.05, 0) is 16.8 Å². The highest BCUT2D eigenvalue weighted by Crippen LogP contribution is 2.27. The highest BCUT2D eigenvalue weighted by molar-refractivity contribution is 5.87. The maximum atomic E-state index is 7.16. The van der Waals surface area contributed by atoms with Gasteiger partial charge in [0.25, 0.3) is 0 Å². The monoisotopic (exact) mass is 194 g/mol. The van der Waals surface area contributed by atoms with Gasteiger partial charge in [0.2, 0.25) is 0 Å². The molecule has 0 bridgehead atoms. The molecular formula is C14H12N-. The fourth-order valence-electron chi connectivity index (χ4n) is 1.81. The molecule has 0 spiro atoms. The smallest absolute Gasteiger partial charge is 0.00138 e. The van der Waals surface area contributed by atoms with Gasteiger partial charge < -0.3 is 4.85 Å². The first-order valence-electron chi connectivity index (χ1n) is 5.08. The zero-order valence-electron chi connectivity index (χ0n) is 8.70. The third-order valence-electron chi connectivity index (χ3n) is 2.57. The van der Waals surface area contributed by atoms with Gasteiger partial charge in [0, 0.05) is 0 Å². The van der Waals surface area contributed by atoms with E-state index in [0.717, 1.165) is 18.0 Å². The second-order valence-corrected chi connectivity index (χ2v) is 3.44. The Morgan fingerprint density at radius 1 is 1.13 bits per heavy atom. The summed E-state index contributed by atoms with van der Waals surface area (Å²) in [7, 11) is 0. The van der Waals surface area contributed by atoms with Crippen LogP contribution < -0.4 is 0 Å². The second kappa shape index (κ2) is 4.06. The third-order valence-corrected chi connectivity index (χ3v) is 2.57. The van der Waals surface area contributed by atoms with Crippen LogP contribution >= 0.6 is 0 Å². The molecule has 0 aliphatic carbocycles.